The van der Waals surface area contributed by atoms with Gasteiger partial charge in [0, 0.05) is 11.0 Å². The Kier molecular flexibility index (Phi) is 3.98. The average molecular weight is 311 g/mol. The lowest BCUT2D eigenvalue weighted by Gasteiger charge is -2.06. The molecule has 0 aromatic heterocycles. The van der Waals surface area contributed by atoms with Crippen LogP contribution in [-0.2, 0) is 0 Å². The smallest absolute Gasteiger partial charge is 0.312 e. The van der Waals surface area contributed by atoms with Gasteiger partial charge in [0.1, 0.15) is 0 Å². The van der Waals surface area contributed by atoms with E-state index in [2.05, 4.69) is 0 Å². The molecule has 0 amide bonds. The van der Waals surface area contributed by atoms with Gasteiger partial charge in [0.05, 0.1) is 17.0 Å². The lowest BCUT2D eigenvalue weighted by Crippen LogP contribution is -1.93. The molecule has 3 rings (SSSR count). The Morgan fingerprint density at radius 3 is 2.55 bits per heavy atom. The maximum Gasteiger partial charge on any atom is 0.312 e. The molecule has 0 unspecified atom stereocenters. The van der Waals surface area contributed by atoms with Crippen molar-refractivity contribution >= 4 is 28.5 Å². The zero-order valence-corrected chi connectivity index (χ0v) is 12.7. The minimum absolute atomic E-state index is 0.0201. The summed E-state index contributed by atoms with van der Waals surface area (Å²) >= 11 is 1.12. The molecule has 0 spiro atoms. The van der Waals surface area contributed by atoms with Crippen molar-refractivity contribution in [2.45, 2.75) is 11.8 Å². The number of nitro groups is 1. The molecule has 0 N–H and O–H groups in total. The number of hydrogen-bond acceptors (Lipinski definition) is 4. The van der Waals surface area contributed by atoms with Crippen molar-refractivity contribution < 1.29 is 9.11 Å². The molecule has 4 nitrogen and oxygen atoms in total. The van der Waals surface area contributed by atoms with Crippen LogP contribution in [0.2, 0.25) is 0 Å². The molecule has 5 heteroatoms. The molecular formula is C17H13NO3S. The highest BCUT2D eigenvalue weighted by atomic mass is 32.2. The molecule has 3 aromatic rings. The predicted molar refractivity (Wildman–Crippen MR) is 88.3 cm³/mol. The number of benzene rings is 3. The van der Waals surface area contributed by atoms with E-state index in [1.165, 1.54) is 6.07 Å². The van der Waals surface area contributed by atoms with E-state index in [1.54, 1.807) is 12.1 Å². The molecule has 0 bridgehead atoms. The van der Waals surface area contributed by atoms with E-state index in [0.717, 1.165) is 33.3 Å². The van der Waals surface area contributed by atoms with Crippen LogP contribution in [0.25, 0.3) is 10.8 Å². The molecule has 0 heterocycles. The Balaban J connectivity index is 1.83. The van der Waals surface area contributed by atoms with Gasteiger partial charge in [-0.3, -0.25) is 10.1 Å². The van der Waals surface area contributed by atoms with Crippen molar-refractivity contribution in [3.8, 4) is 5.75 Å². The van der Waals surface area contributed by atoms with Gasteiger partial charge in [-0.2, -0.15) is 0 Å². The third-order valence-corrected chi connectivity index (χ3v) is 3.97. The van der Waals surface area contributed by atoms with Gasteiger partial charge in [0.2, 0.25) is 5.75 Å². The summed E-state index contributed by atoms with van der Waals surface area (Å²) in [5, 5.41) is 13.3. The lowest BCUT2D eigenvalue weighted by molar-refractivity contribution is -0.385. The number of nitro benzene ring substituents is 1. The summed E-state index contributed by atoms with van der Waals surface area (Å²) in [6, 6.07) is 18.9. The average Bonchev–Trinajstić information content (AvgIpc) is 2.53. The summed E-state index contributed by atoms with van der Waals surface area (Å²) in [5.74, 6) is 0.258. The zero-order valence-electron chi connectivity index (χ0n) is 11.9. The maximum absolute atomic E-state index is 11.1. The van der Waals surface area contributed by atoms with Crippen molar-refractivity contribution in [3.05, 3.63) is 76.3 Å². The van der Waals surface area contributed by atoms with Gasteiger partial charge in [-0.25, -0.2) is 0 Å². The summed E-state index contributed by atoms with van der Waals surface area (Å²) in [6.45, 7) is 1.81. The van der Waals surface area contributed by atoms with Gasteiger partial charge in [-0.15, -0.1) is 0 Å². The fourth-order valence-corrected chi connectivity index (χ4v) is 2.78. The summed E-state index contributed by atoms with van der Waals surface area (Å²) < 4.78 is 5.56. The largest absolute Gasteiger partial charge is 0.413 e. The molecule has 0 saturated carbocycles. The Labute approximate surface area is 132 Å². The molecule has 0 aliphatic rings. The third-order valence-electron chi connectivity index (χ3n) is 3.26. The van der Waals surface area contributed by atoms with Crippen LogP contribution in [0.5, 0.6) is 5.75 Å². The fraction of sp³-hybridized carbons (Fsp3) is 0.0588. The number of fused-ring (bicyclic) bond motifs is 1. The van der Waals surface area contributed by atoms with Crippen LogP contribution in [0.1, 0.15) is 5.56 Å². The summed E-state index contributed by atoms with van der Waals surface area (Å²) in [5.41, 5.74) is 0.808. The summed E-state index contributed by atoms with van der Waals surface area (Å²) in [6.07, 6.45) is 0. The molecule has 110 valence electrons. The molecular weight excluding hydrogens is 298 g/mol. The van der Waals surface area contributed by atoms with Gasteiger partial charge in [-0.05, 0) is 41.5 Å². The minimum atomic E-state index is -0.427. The molecule has 0 radical (unpaired) electrons. The molecule has 3 aromatic carbocycles. The normalized spacial score (nSPS) is 10.6. The molecule has 0 fully saturated rings. The summed E-state index contributed by atoms with van der Waals surface area (Å²) in [7, 11) is 0. The highest BCUT2D eigenvalue weighted by Crippen LogP contribution is 2.33. The van der Waals surface area contributed by atoms with Gasteiger partial charge in [0.25, 0.3) is 0 Å². The van der Waals surface area contributed by atoms with E-state index in [1.807, 2.05) is 49.4 Å². The van der Waals surface area contributed by atoms with Gasteiger partial charge in [-0.1, -0.05) is 36.4 Å². The van der Waals surface area contributed by atoms with Crippen LogP contribution in [0.15, 0.2) is 65.6 Å². The second kappa shape index (κ2) is 6.07. The Morgan fingerprint density at radius 1 is 1.00 bits per heavy atom. The van der Waals surface area contributed by atoms with Gasteiger partial charge in [0.15, 0.2) is 0 Å². The van der Waals surface area contributed by atoms with E-state index >= 15 is 0 Å². The molecule has 22 heavy (non-hydrogen) atoms. The molecule has 0 aliphatic carbocycles. The van der Waals surface area contributed by atoms with Crippen LogP contribution < -0.4 is 4.18 Å². The third kappa shape index (κ3) is 3.04. The second-order valence-corrected chi connectivity index (χ2v) is 5.71. The lowest BCUT2D eigenvalue weighted by atomic mass is 10.1. The number of rotatable bonds is 4. The maximum atomic E-state index is 11.1. The van der Waals surface area contributed by atoms with Crippen LogP contribution in [-0.4, -0.2) is 4.92 Å². The van der Waals surface area contributed by atoms with Gasteiger partial charge < -0.3 is 4.18 Å². The van der Waals surface area contributed by atoms with Crippen LogP contribution >= 0.6 is 12.0 Å². The molecule has 0 aliphatic heterocycles. The van der Waals surface area contributed by atoms with E-state index in [-0.39, 0.29) is 11.4 Å². The quantitative estimate of drug-likeness (QED) is 0.380. The number of nitrogens with zero attached hydrogens (tertiary/aromatic N) is 1. The van der Waals surface area contributed by atoms with Crippen LogP contribution in [0.3, 0.4) is 0 Å². The van der Waals surface area contributed by atoms with E-state index in [0.29, 0.717) is 0 Å². The van der Waals surface area contributed by atoms with Crippen molar-refractivity contribution in [1.29, 1.82) is 0 Å². The first-order valence-electron chi connectivity index (χ1n) is 6.72. The first-order valence-corrected chi connectivity index (χ1v) is 7.46. The van der Waals surface area contributed by atoms with E-state index in [4.69, 9.17) is 4.18 Å². The van der Waals surface area contributed by atoms with Crippen molar-refractivity contribution in [3.63, 3.8) is 0 Å². The van der Waals surface area contributed by atoms with Gasteiger partial charge >= 0.3 is 5.69 Å². The second-order valence-electron chi connectivity index (χ2n) is 4.90. The first kappa shape index (κ1) is 14.4. The van der Waals surface area contributed by atoms with Crippen LogP contribution in [0.4, 0.5) is 5.69 Å². The molecule has 0 saturated heterocycles. The minimum Gasteiger partial charge on any atom is -0.413 e. The predicted octanol–water partition coefficient (Wildman–Crippen LogP) is 5.14. The van der Waals surface area contributed by atoms with Crippen molar-refractivity contribution in [2.75, 3.05) is 0 Å². The fourth-order valence-electron chi connectivity index (χ4n) is 2.15. The van der Waals surface area contributed by atoms with E-state index in [9.17, 15) is 10.1 Å². The number of hydrogen-bond donors (Lipinski definition) is 0. The molecule has 0 atom stereocenters. The van der Waals surface area contributed by atoms with Crippen molar-refractivity contribution in [1.82, 2.24) is 0 Å². The standard InChI is InChI=1S/C17H13NO3S/c1-12-6-9-17(16(10-12)18(19)20)21-22-15-8-7-13-4-2-3-5-14(13)11-15/h2-11H,1H3. The first-order chi connectivity index (χ1) is 10.6. The van der Waals surface area contributed by atoms with Crippen LogP contribution in [0, 0.1) is 17.0 Å². The summed E-state index contributed by atoms with van der Waals surface area (Å²) in [4.78, 5) is 11.5. The van der Waals surface area contributed by atoms with E-state index < -0.39 is 4.92 Å². The highest BCUT2D eigenvalue weighted by molar-refractivity contribution is 7.95. The monoisotopic (exact) mass is 311 g/mol. The Bertz CT molecular complexity index is 848. The highest BCUT2D eigenvalue weighted by Gasteiger charge is 2.16. The zero-order chi connectivity index (χ0) is 15.5. The Hall–Kier alpha value is -2.53. The topological polar surface area (TPSA) is 52.4 Å². The Morgan fingerprint density at radius 2 is 1.77 bits per heavy atom. The number of aryl methyl sites for hydroxylation is 1. The van der Waals surface area contributed by atoms with Crippen molar-refractivity contribution in [2.24, 2.45) is 0 Å². The SMILES string of the molecule is Cc1ccc(OSc2ccc3ccccc3c2)c([N+](=O)[O-])c1.